The van der Waals surface area contributed by atoms with E-state index < -0.39 is 5.82 Å². The molecule has 5 heteroatoms. The molecule has 90 valence electrons. The molecule has 0 aliphatic heterocycles. The minimum atomic E-state index is -0.620. The molecule has 0 unspecified atom stereocenters. The number of benzene rings is 1. The molecule has 17 heavy (non-hydrogen) atoms. The molecule has 1 rings (SSSR count). The highest BCUT2D eigenvalue weighted by atomic mass is 32.1. The summed E-state index contributed by atoms with van der Waals surface area (Å²) >= 11 is 3.60. The zero-order valence-electron chi connectivity index (χ0n) is 9.31. The molecule has 0 aliphatic carbocycles. The lowest BCUT2D eigenvalue weighted by molar-refractivity contribution is 0.350. The van der Waals surface area contributed by atoms with Gasteiger partial charge >= 0.3 is 0 Å². The van der Waals surface area contributed by atoms with Gasteiger partial charge in [0.15, 0.2) is 0 Å². The molecular formula is C12H12FNO2S. The maximum absolute atomic E-state index is 13.5. The van der Waals surface area contributed by atoms with Crippen LogP contribution in [-0.2, 0) is 10.8 Å². The number of halogens is 1. The van der Waals surface area contributed by atoms with Crippen LogP contribution >= 0.6 is 12.9 Å². The normalized spacial score (nSPS) is 10.5. The first-order chi connectivity index (χ1) is 8.22. The number of nitriles is 1. The Balaban J connectivity index is 3.02. The lowest BCUT2D eigenvalue weighted by atomic mass is 10.1. The number of hydrogen-bond acceptors (Lipinski definition) is 4. The molecule has 0 saturated carbocycles. The molecule has 0 aromatic heterocycles. The highest BCUT2D eigenvalue weighted by Gasteiger charge is 2.11. The lowest BCUT2D eigenvalue weighted by Gasteiger charge is -2.08. The monoisotopic (exact) mass is 253 g/mol. The Hall–Kier alpha value is -1.51. The quantitative estimate of drug-likeness (QED) is 0.498. The van der Waals surface area contributed by atoms with Gasteiger partial charge in [-0.25, -0.2) is 4.39 Å². The number of nitrogens with zero attached hydrogens (tertiary/aromatic N) is 1. The average molecular weight is 253 g/mol. The Morgan fingerprint density at radius 1 is 1.53 bits per heavy atom. The van der Waals surface area contributed by atoms with Crippen LogP contribution in [0.3, 0.4) is 0 Å². The third kappa shape index (κ3) is 3.77. The van der Waals surface area contributed by atoms with E-state index in [1.54, 1.807) is 18.2 Å². The molecule has 1 aromatic carbocycles. The fraction of sp³-hybridized carbons (Fsp3) is 0.250. The van der Waals surface area contributed by atoms with Crippen LogP contribution in [0.1, 0.15) is 18.1 Å². The molecule has 0 N–H and O–H groups in total. The fourth-order valence-electron chi connectivity index (χ4n) is 1.25. The van der Waals surface area contributed by atoms with E-state index in [0.29, 0.717) is 5.56 Å². The first-order valence-electron chi connectivity index (χ1n) is 4.95. The van der Waals surface area contributed by atoms with Gasteiger partial charge in [0.25, 0.3) is 0 Å². The summed E-state index contributed by atoms with van der Waals surface area (Å²) in [5.74, 6) is -0.406. The van der Waals surface area contributed by atoms with Crippen LogP contribution < -0.4 is 4.74 Å². The highest BCUT2D eigenvalue weighted by Crippen LogP contribution is 2.24. The standard InChI is InChI=1S/C12H12FNO2S/c1-2-3-4-15-12-6-9(8-16-17)5-11(13)10(12)7-14/h2-3,5-6,17H,4,8H2,1H3/b3-2+. The van der Waals surface area contributed by atoms with Gasteiger partial charge in [-0.1, -0.05) is 12.2 Å². The van der Waals surface area contributed by atoms with Gasteiger partial charge in [-0.15, -0.1) is 0 Å². The van der Waals surface area contributed by atoms with Crippen molar-refractivity contribution in [1.29, 1.82) is 5.26 Å². The molecule has 0 saturated heterocycles. The minimum Gasteiger partial charge on any atom is -0.488 e. The summed E-state index contributed by atoms with van der Waals surface area (Å²) in [6, 6.07) is 4.58. The van der Waals surface area contributed by atoms with E-state index >= 15 is 0 Å². The van der Waals surface area contributed by atoms with Crippen LogP contribution in [0.25, 0.3) is 0 Å². The lowest BCUT2D eigenvalue weighted by Crippen LogP contribution is -2.00. The van der Waals surface area contributed by atoms with Gasteiger partial charge in [0.2, 0.25) is 0 Å². The molecule has 1 aromatic rings. The Morgan fingerprint density at radius 2 is 2.29 bits per heavy atom. The summed E-state index contributed by atoms with van der Waals surface area (Å²) in [7, 11) is 0. The summed E-state index contributed by atoms with van der Waals surface area (Å²) in [4.78, 5) is 0. The van der Waals surface area contributed by atoms with E-state index in [0.717, 1.165) is 0 Å². The molecule has 0 aliphatic rings. The average Bonchev–Trinajstić information content (AvgIpc) is 2.29. The van der Waals surface area contributed by atoms with Gasteiger partial charge < -0.3 is 8.92 Å². The first kappa shape index (κ1) is 13.6. The van der Waals surface area contributed by atoms with Gasteiger partial charge in [-0.3, -0.25) is 0 Å². The summed E-state index contributed by atoms with van der Waals surface area (Å²) < 4.78 is 23.5. The third-order valence-electron chi connectivity index (χ3n) is 2.03. The number of ether oxygens (including phenoxy) is 1. The molecule has 0 spiro atoms. The van der Waals surface area contributed by atoms with Crippen molar-refractivity contribution < 1.29 is 13.3 Å². The summed E-state index contributed by atoms with van der Waals surface area (Å²) in [5, 5.41) is 8.84. The van der Waals surface area contributed by atoms with Gasteiger partial charge in [0, 0.05) is 0 Å². The summed E-state index contributed by atoms with van der Waals surface area (Å²) in [5.41, 5.74) is 0.462. The molecule has 3 nitrogen and oxygen atoms in total. The second kappa shape index (κ2) is 6.94. The SMILES string of the molecule is C/C=C/COc1cc(COS)cc(F)c1C#N. The smallest absolute Gasteiger partial charge is 0.145 e. The maximum Gasteiger partial charge on any atom is 0.145 e. The van der Waals surface area contributed by atoms with Crippen molar-refractivity contribution in [3.8, 4) is 11.8 Å². The number of allylic oxidation sites excluding steroid dienone is 1. The van der Waals surface area contributed by atoms with Crippen LogP contribution in [0.15, 0.2) is 24.3 Å². The van der Waals surface area contributed by atoms with Gasteiger partial charge in [0.05, 0.1) is 6.61 Å². The van der Waals surface area contributed by atoms with Crippen molar-refractivity contribution in [3.63, 3.8) is 0 Å². The van der Waals surface area contributed by atoms with Crippen LogP contribution in [-0.4, -0.2) is 6.61 Å². The van der Waals surface area contributed by atoms with Gasteiger partial charge in [-0.2, -0.15) is 5.26 Å². The highest BCUT2D eigenvalue weighted by molar-refractivity contribution is 7.75. The number of hydrogen-bond donors (Lipinski definition) is 1. The Bertz CT molecular complexity index is 455. The molecule has 0 radical (unpaired) electrons. The van der Waals surface area contributed by atoms with E-state index in [1.807, 2.05) is 13.0 Å². The fourth-order valence-corrected chi connectivity index (χ4v) is 1.40. The van der Waals surface area contributed by atoms with Gasteiger partial charge in [-0.05, 0) is 37.5 Å². The van der Waals surface area contributed by atoms with Crippen molar-refractivity contribution in [3.05, 3.63) is 41.2 Å². The third-order valence-corrected chi connectivity index (χ3v) is 2.16. The molecule has 0 heterocycles. The Labute approximate surface area is 105 Å². The van der Waals surface area contributed by atoms with E-state index in [9.17, 15) is 4.39 Å². The van der Waals surface area contributed by atoms with Crippen molar-refractivity contribution >= 4 is 12.9 Å². The summed E-state index contributed by atoms with van der Waals surface area (Å²) in [6.45, 7) is 2.28. The molecule has 0 fully saturated rings. The van der Waals surface area contributed by atoms with E-state index in [1.165, 1.54) is 6.07 Å². The van der Waals surface area contributed by atoms with Crippen molar-refractivity contribution in [2.75, 3.05) is 6.61 Å². The van der Waals surface area contributed by atoms with Crippen molar-refractivity contribution in [2.24, 2.45) is 0 Å². The number of rotatable bonds is 5. The summed E-state index contributed by atoms with van der Waals surface area (Å²) in [6.07, 6.45) is 3.57. The van der Waals surface area contributed by atoms with E-state index in [4.69, 9.17) is 10.00 Å². The second-order valence-electron chi connectivity index (χ2n) is 3.22. The molecule has 0 atom stereocenters. The Morgan fingerprint density at radius 3 is 2.88 bits per heavy atom. The topological polar surface area (TPSA) is 42.2 Å². The van der Waals surface area contributed by atoms with Crippen LogP contribution in [0, 0.1) is 17.1 Å². The second-order valence-corrected chi connectivity index (χ2v) is 3.47. The van der Waals surface area contributed by atoms with Crippen LogP contribution in [0.2, 0.25) is 0 Å². The van der Waals surface area contributed by atoms with Crippen LogP contribution in [0.4, 0.5) is 4.39 Å². The first-order valence-corrected chi connectivity index (χ1v) is 5.32. The number of thiol groups is 1. The predicted octanol–water partition coefficient (Wildman–Crippen LogP) is 3.01. The van der Waals surface area contributed by atoms with E-state index in [-0.39, 0.29) is 24.5 Å². The zero-order chi connectivity index (χ0) is 12.7. The van der Waals surface area contributed by atoms with Crippen LogP contribution in [0.5, 0.6) is 5.75 Å². The molecule has 0 amide bonds. The largest absolute Gasteiger partial charge is 0.488 e. The molecule has 0 bridgehead atoms. The zero-order valence-corrected chi connectivity index (χ0v) is 10.2. The van der Waals surface area contributed by atoms with Gasteiger partial charge in [0.1, 0.15) is 29.8 Å². The van der Waals surface area contributed by atoms with Crippen molar-refractivity contribution in [2.45, 2.75) is 13.5 Å². The predicted molar refractivity (Wildman–Crippen MR) is 65.2 cm³/mol. The van der Waals surface area contributed by atoms with Crippen molar-refractivity contribution in [1.82, 2.24) is 0 Å². The Kier molecular flexibility index (Phi) is 5.53. The molecular weight excluding hydrogens is 241 g/mol. The minimum absolute atomic E-state index is 0.0996. The maximum atomic E-state index is 13.5. The van der Waals surface area contributed by atoms with E-state index in [2.05, 4.69) is 17.1 Å².